The lowest BCUT2D eigenvalue weighted by molar-refractivity contribution is -0.130. The van der Waals surface area contributed by atoms with E-state index in [1.165, 1.54) is 5.69 Å². The Morgan fingerprint density at radius 3 is 2.26 bits per heavy atom. The third-order valence-electron chi connectivity index (χ3n) is 4.77. The average molecular weight is 405 g/mol. The summed E-state index contributed by atoms with van der Waals surface area (Å²) >= 11 is 7.57. The van der Waals surface area contributed by atoms with Crippen molar-refractivity contribution < 1.29 is 9.53 Å². The lowest BCUT2D eigenvalue weighted by Crippen LogP contribution is -2.51. The number of benzene rings is 2. The number of carbonyl (C=O) groups is 1. The Bertz CT molecular complexity index is 744. The first kappa shape index (κ1) is 19.9. The first-order chi connectivity index (χ1) is 13.1. The van der Waals surface area contributed by atoms with Gasteiger partial charge in [-0.2, -0.15) is 0 Å². The maximum absolute atomic E-state index is 13.0. The molecule has 2 aromatic rings. The van der Waals surface area contributed by atoms with Crippen LogP contribution in [0.4, 0.5) is 5.69 Å². The Labute approximate surface area is 170 Å². The maximum atomic E-state index is 13.0. The molecule has 0 N–H and O–H groups in total. The van der Waals surface area contributed by atoms with Crippen molar-refractivity contribution in [1.29, 1.82) is 0 Å². The summed E-state index contributed by atoms with van der Waals surface area (Å²) in [6.07, 6.45) is 0.810. The number of anilines is 1. The highest BCUT2D eigenvalue weighted by Crippen LogP contribution is 2.28. The van der Waals surface area contributed by atoms with Gasteiger partial charge in [0.25, 0.3) is 0 Å². The molecule has 0 saturated carbocycles. The molecule has 1 heterocycles. The topological polar surface area (TPSA) is 32.8 Å². The highest BCUT2D eigenvalue weighted by molar-refractivity contribution is 8.00. The van der Waals surface area contributed by atoms with Crippen LogP contribution in [0.1, 0.15) is 13.3 Å². The summed E-state index contributed by atoms with van der Waals surface area (Å²) in [7, 11) is 1.67. The van der Waals surface area contributed by atoms with Crippen LogP contribution in [0, 0.1) is 0 Å². The zero-order valence-corrected chi connectivity index (χ0v) is 17.3. The Morgan fingerprint density at radius 1 is 1.07 bits per heavy atom. The Balaban J connectivity index is 1.56. The predicted octanol–water partition coefficient (Wildman–Crippen LogP) is 4.57. The van der Waals surface area contributed by atoms with Crippen molar-refractivity contribution in [3.05, 3.63) is 53.6 Å². The summed E-state index contributed by atoms with van der Waals surface area (Å²) in [5.41, 5.74) is 1.17. The Morgan fingerprint density at radius 2 is 1.70 bits per heavy atom. The average Bonchev–Trinajstić information content (AvgIpc) is 2.73. The second-order valence-electron chi connectivity index (χ2n) is 6.48. The normalized spacial score (nSPS) is 15.5. The van der Waals surface area contributed by atoms with E-state index >= 15 is 0 Å². The number of piperazine rings is 1. The van der Waals surface area contributed by atoms with Crippen LogP contribution >= 0.6 is 23.4 Å². The van der Waals surface area contributed by atoms with Gasteiger partial charge in [-0.3, -0.25) is 4.79 Å². The smallest absolute Gasteiger partial charge is 0.236 e. The predicted molar refractivity (Wildman–Crippen MR) is 113 cm³/mol. The number of methoxy groups -OCH3 is 1. The number of amides is 1. The molecule has 1 aliphatic rings. The molecule has 1 atom stereocenters. The molecule has 144 valence electrons. The van der Waals surface area contributed by atoms with E-state index in [0.717, 1.165) is 43.2 Å². The molecule has 0 bridgehead atoms. The van der Waals surface area contributed by atoms with E-state index < -0.39 is 0 Å². The number of carbonyl (C=O) groups excluding carboxylic acids is 1. The molecule has 1 fully saturated rings. The third-order valence-corrected chi connectivity index (χ3v) is 6.38. The number of thioether (sulfide) groups is 1. The van der Waals surface area contributed by atoms with Gasteiger partial charge in [-0.1, -0.05) is 18.5 Å². The van der Waals surface area contributed by atoms with Gasteiger partial charge in [0.05, 0.1) is 12.4 Å². The number of ether oxygens (including phenoxy) is 1. The van der Waals surface area contributed by atoms with Gasteiger partial charge in [0.15, 0.2) is 0 Å². The Hall–Kier alpha value is -1.85. The molecule has 1 amide bonds. The van der Waals surface area contributed by atoms with Gasteiger partial charge in [0, 0.05) is 41.8 Å². The summed E-state index contributed by atoms with van der Waals surface area (Å²) in [6, 6.07) is 15.8. The fourth-order valence-corrected chi connectivity index (χ4v) is 4.33. The molecule has 0 aliphatic carbocycles. The second kappa shape index (κ2) is 9.38. The van der Waals surface area contributed by atoms with Crippen molar-refractivity contribution in [3.8, 4) is 5.75 Å². The van der Waals surface area contributed by atoms with E-state index in [1.807, 2.05) is 41.3 Å². The van der Waals surface area contributed by atoms with Crippen LogP contribution in [0.3, 0.4) is 0 Å². The van der Waals surface area contributed by atoms with E-state index in [9.17, 15) is 4.79 Å². The lowest BCUT2D eigenvalue weighted by atomic mass is 10.2. The number of hydrogen-bond donors (Lipinski definition) is 0. The summed E-state index contributed by atoms with van der Waals surface area (Å²) in [5, 5.41) is 0.659. The molecule has 1 saturated heterocycles. The van der Waals surface area contributed by atoms with Crippen molar-refractivity contribution >= 4 is 35.0 Å². The number of hydrogen-bond acceptors (Lipinski definition) is 4. The number of halogens is 1. The fourth-order valence-electron chi connectivity index (χ4n) is 3.17. The van der Waals surface area contributed by atoms with Crippen molar-refractivity contribution in [1.82, 2.24) is 4.90 Å². The summed E-state index contributed by atoms with van der Waals surface area (Å²) in [5.74, 6) is 1.09. The lowest BCUT2D eigenvalue weighted by Gasteiger charge is -2.37. The van der Waals surface area contributed by atoms with Crippen LogP contribution in [0.25, 0.3) is 0 Å². The second-order valence-corrected chi connectivity index (χ2v) is 8.19. The zero-order chi connectivity index (χ0) is 19.2. The van der Waals surface area contributed by atoms with E-state index in [0.29, 0.717) is 5.02 Å². The minimum Gasteiger partial charge on any atom is -0.497 e. The van der Waals surface area contributed by atoms with E-state index in [-0.39, 0.29) is 11.2 Å². The van der Waals surface area contributed by atoms with Gasteiger partial charge in [-0.25, -0.2) is 0 Å². The van der Waals surface area contributed by atoms with E-state index in [2.05, 4.69) is 24.0 Å². The third kappa shape index (κ3) is 5.11. The number of nitrogens with zero attached hydrogens (tertiary/aromatic N) is 2. The maximum Gasteiger partial charge on any atom is 0.236 e. The molecular weight excluding hydrogens is 380 g/mol. The van der Waals surface area contributed by atoms with E-state index in [4.69, 9.17) is 16.3 Å². The molecule has 3 rings (SSSR count). The largest absolute Gasteiger partial charge is 0.497 e. The number of rotatable bonds is 6. The molecule has 27 heavy (non-hydrogen) atoms. The van der Waals surface area contributed by atoms with E-state index in [1.54, 1.807) is 18.9 Å². The first-order valence-corrected chi connectivity index (χ1v) is 10.5. The quantitative estimate of drug-likeness (QED) is 0.660. The van der Waals surface area contributed by atoms with Gasteiger partial charge >= 0.3 is 0 Å². The Kier molecular flexibility index (Phi) is 6.91. The van der Waals surface area contributed by atoms with Gasteiger partial charge in [0.1, 0.15) is 5.75 Å². The van der Waals surface area contributed by atoms with Crippen LogP contribution in [0.5, 0.6) is 5.75 Å². The summed E-state index contributed by atoms with van der Waals surface area (Å²) in [6.45, 7) is 5.27. The van der Waals surface area contributed by atoms with Crippen LogP contribution in [0.15, 0.2) is 53.4 Å². The van der Waals surface area contributed by atoms with Crippen molar-refractivity contribution in [2.24, 2.45) is 0 Å². The van der Waals surface area contributed by atoms with Crippen LogP contribution in [-0.4, -0.2) is 49.3 Å². The highest BCUT2D eigenvalue weighted by atomic mass is 35.5. The standard InChI is InChI=1S/C21H25ClN2O2S/c1-3-20(27-19-10-4-16(22)5-11-19)21(25)24-14-12-23(13-15-24)17-6-8-18(26-2)9-7-17/h4-11,20H,3,12-15H2,1-2H3/t20-/m1/s1. The summed E-state index contributed by atoms with van der Waals surface area (Å²) < 4.78 is 5.22. The van der Waals surface area contributed by atoms with Crippen molar-refractivity contribution in [3.63, 3.8) is 0 Å². The fraction of sp³-hybridized carbons (Fsp3) is 0.381. The van der Waals surface area contributed by atoms with Crippen LogP contribution in [0.2, 0.25) is 5.02 Å². The van der Waals surface area contributed by atoms with Crippen molar-refractivity contribution in [2.75, 3.05) is 38.2 Å². The molecule has 0 aromatic heterocycles. The van der Waals surface area contributed by atoms with Gasteiger partial charge in [0.2, 0.25) is 5.91 Å². The van der Waals surface area contributed by atoms with Crippen LogP contribution in [-0.2, 0) is 4.79 Å². The molecule has 1 aliphatic heterocycles. The SMILES string of the molecule is CC[C@@H](Sc1ccc(Cl)cc1)C(=O)N1CCN(c2ccc(OC)cc2)CC1. The molecule has 4 nitrogen and oxygen atoms in total. The minimum absolute atomic E-state index is 0.0567. The van der Waals surface area contributed by atoms with Gasteiger partial charge in [-0.05, 0) is 55.0 Å². The first-order valence-electron chi connectivity index (χ1n) is 9.20. The molecule has 2 aromatic carbocycles. The van der Waals surface area contributed by atoms with Crippen molar-refractivity contribution in [2.45, 2.75) is 23.5 Å². The van der Waals surface area contributed by atoms with Gasteiger partial charge in [-0.15, -0.1) is 11.8 Å². The minimum atomic E-state index is -0.0567. The highest BCUT2D eigenvalue weighted by Gasteiger charge is 2.27. The molecule has 0 unspecified atom stereocenters. The summed E-state index contributed by atoms with van der Waals surface area (Å²) in [4.78, 5) is 18.4. The molecule has 0 spiro atoms. The van der Waals surface area contributed by atoms with Crippen LogP contribution < -0.4 is 9.64 Å². The monoisotopic (exact) mass is 404 g/mol. The van der Waals surface area contributed by atoms with Gasteiger partial charge < -0.3 is 14.5 Å². The molecule has 6 heteroatoms. The molecule has 0 radical (unpaired) electrons. The molecular formula is C21H25ClN2O2S. The zero-order valence-electron chi connectivity index (χ0n) is 15.7.